The fourth-order valence-corrected chi connectivity index (χ4v) is 14.7. The predicted molar refractivity (Wildman–Crippen MR) is 169 cm³/mol. The number of ketones is 1. The molecule has 7 fully saturated rings. The van der Waals surface area contributed by atoms with Crippen LogP contribution in [-0.2, 0) is 9.53 Å². The van der Waals surface area contributed by atoms with E-state index in [4.69, 9.17) is 4.74 Å². The lowest BCUT2D eigenvalue weighted by atomic mass is 9.31. The summed E-state index contributed by atoms with van der Waals surface area (Å²) in [4.78, 5) is 14.5. The molecule has 0 N–H and O–H groups in total. The maximum Gasteiger partial charge on any atom is 0.145 e. The van der Waals surface area contributed by atoms with Gasteiger partial charge in [-0.3, -0.25) is 4.79 Å². The Bertz CT molecular complexity index is 1310. The van der Waals surface area contributed by atoms with Gasteiger partial charge in [0.25, 0.3) is 0 Å². The van der Waals surface area contributed by atoms with Gasteiger partial charge in [0.05, 0.1) is 12.7 Å². The van der Waals surface area contributed by atoms with Crippen molar-refractivity contribution >= 4 is 21.7 Å². The van der Waals surface area contributed by atoms with Crippen LogP contribution in [0, 0.1) is 61.6 Å². The van der Waals surface area contributed by atoms with Crippen molar-refractivity contribution in [3.05, 3.63) is 34.3 Å². The number of rotatable bonds is 1. The van der Waals surface area contributed by atoms with Gasteiger partial charge < -0.3 is 4.74 Å². The van der Waals surface area contributed by atoms with Crippen molar-refractivity contribution in [2.24, 2.45) is 61.6 Å². The molecule has 1 heterocycles. The van der Waals surface area contributed by atoms with E-state index >= 15 is 0 Å². The normalized spacial score (nSPS) is 54.1. The van der Waals surface area contributed by atoms with Gasteiger partial charge in [0.1, 0.15) is 5.78 Å². The van der Waals surface area contributed by atoms with Crippen LogP contribution < -0.4 is 0 Å². The average molecular weight is 622 g/mol. The maximum atomic E-state index is 14.5. The Morgan fingerprint density at radius 2 is 1.61 bits per heavy atom. The largest absolute Gasteiger partial charge is 0.377 e. The highest BCUT2D eigenvalue weighted by Gasteiger charge is 2.77. The van der Waals surface area contributed by atoms with Crippen LogP contribution in [0.5, 0.6) is 0 Å². The monoisotopic (exact) mass is 620 g/mol. The summed E-state index contributed by atoms with van der Waals surface area (Å²) in [7, 11) is 0. The molecule has 0 radical (unpaired) electrons. The first-order valence-electron chi connectivity index (χ1n) is 17.1. The van der Waals surface area contributed by atoms with E-state index in [2.05, 4.69) is 88.7 Å². The second-order valence-corrected chi connectivity index (χ2v) is 19.4. The highest BCUT2D eigenvalue weighted by molar-refractivity contribution is 9.10. The van der Waals surface area contributed by atoms with Crippen LogP contribution in [0.4, 0.5) is 0 Å². The van der Waals surface area contributed by atoms with Crippen molar-refractivity contribution in [2.75, 3.05) is 6.61 Å². The number of hydrogen-bond acceptors (Lipinski definition) is 2. The smallest absolute Gasteiger partial charge is 0.145 e. The zero-order chi connectivity index (χ0) is 29.0. The molecule has 1 spiro atoms. The quantitative estimate of drug-likeness (QED) is 0.312. The number of fused-ring (bicyclic) bond motifs is 5. The Morgan fingerprint density at radius 1 is 0.854 bits per heavy atom. The molecular formula is C38H53BrO2. The number of hydrogen-bond donors (Lipinski definition) is 0. The molecule has 6 saturated carbocycles. The molecule has 8 rings (SSSR count). The molecule has 2 nitrogen and oxygen atoms in total. The van der Waals surface area contributed by atoms with Crippen LogP contribution in [-0.4, -0.2) is 18.5 Å². The molecule has 1 aromatic carbocycles. The first-order valence-corrected chi connectivity index (χ1v) is 17.9. The van der Waals surface area contributed by atoms with E-state index in [1.54, 1.807) is 0 Å². The molecule has 41 heavy (non-hydrogen) atoms. The van der Waals surface area contributed by atoms with Crippen molar-refractivity contribution < 1.29 is 9.53 Å². The Labute approximate surface area is 257 Å². The predicted octanol–water partition coefficient (Wildman–Crippen LogP) is 9.99. The topological polar surface area (TPSA) is 26.3 Å². The summed E-state index contributed by atoms with van der Waals surface area (Å²) >= 11 is 3.71. The summed E-state index contributed by atoms with van der Waals surface area (Å²) in [6.45, 7) is 18.9. The molecule has 7 aliphatic rings. The van der Waals surface area contributed by atoms with Crippen LogP contribution in [0.15, 0.2) is 28.7 Å². The van der Waals surface area contributed by atoms with Crippen LogP contribution >= 0.6 is 15.9 Å². The van der Waals surface area contributed by atoms with E-state index < -0.39 is 0 Å². The zero-order valence-corrected chi connectivity index (χ0v) is 28.3. The summed E-state index contributed by atoms with van der Waals surface area (Å²) in [6, 6.07) is 8.84. The molecule has 4 unspecified atom stereocenters. The summed E-state index contributed by atoms with van der Waals surface area (Å²) in [5.41, 5.74) is 2.63. The first kappa shape index (κ1) is 27.8. The van der Waals surface area contributed by atoms with Crippen LogP contribution in [0.2, 0.25) is 0 Å². The standard InChI is InChI=1S/C38H53BrO2/c1-32(2)15-17-37-18-16-35(6)25(29(37)30(32)41-22-37)11-12-28-34(5)21-38(20-26(38)23-9-8-10-24(39)19-23)31(40)33(3,4)27(34)13-14-36(28,35)7/h8-10,19,25-30H,11-18,20-22H2,1-7H3/t25?,26-,27?,28?,29?,30-,34+,35-,36-,37-,38-/m1/s1. The average Bonchev–Trinajstić information content (AvgIpc) is 3.51. The minimum atomic E-state index is -0.246. The first-order chi connectivity index (χ1) is 19.1. The highest BCUT2D eigenvalue weighted by atomic mass is 79.9. The number of benzene rings is 1. The van der Waals surface area contributed by atoms with Gasteiger partial charge >= 0.3 is 0 Å². The third-order valence-corrected chi connectivity index (χ3v) is 16.8. The zero-order valence-electron chi connectivity index (χ0n) is 26.7. The van der Waals surface area contributed by atoms with Gasteiger partial charge in [0.2, 0.25) is 0 Å². The number of ether oxygens (including phenoxy) is 1. The third-order valence-electron chi connectivity index (χ3n) is 16.3. The van der Waals surface area contributed by atoms with Crippen molar-refractivity contribution in [1.29, 1.82) is 0 Å². The molecule has 224 valence electrons. The van der Waals surface area contributed by atoms with Crippen LogP contribution in [0.1, 0.15) is 124 Å². The molecule has 1 aliphatic heterocycles. The van der Waals surface area contributed by atoms with Crippen molar-refractivity contribution in [2.45, 2.75) is 125 Å². The summed E-state index contributed by atoms with van der Waals surface area (Å²) in [6.07, 6.45) is 13.3. The molecular weight excluding hydrogens is 568 g/mol. The molecule has 6 aliphatic carbocycles. The van der Waals surface area contributed by atoms with Gasteiger partial charge in [-0.1, -0.05) is 76.5 Å². The number of halogens is 1. The lowest BCUT2D eigenvalue weighted by molar-refractivity contribution is -0.244. The number of carbonyl (C=O) groups excluding carboxylic acids is 1. The number of carbonyl (C=O) groups is 1. The molecule has 0 amide bonds. The molecule has 11 atom stereocenters. The lowest BCUT2D eigenvalue weighted by Gasteiger charge is -2.73. The van der Waals surface area contributed by atoms with Gasteiger partial charge in [0.15, 0.2) is 0 Å². The van der Waals surface area contributed by atoms with E-state index in [0.717, 1.165) is 35.8 Å². The van der Waals surface area contributed by atoms with E-state index in [0.29, 0.717) is 51.3 Å². The minimum Gasteiger partial charge on any atom is -0.377 e. The van der Waals surface area contributed by atoms with Crippen LogP contribution in [0.25, 0.3) is 0 Å². The summed E-state index contributed by atoms with van der Waals surface area (Å²) in [5.74, 6) is 3.70. The Morgan fingerprint density at radius 3 is 2.37 bits per heavy atom. The van der Waals surface area contributed by atoms with Gasteiger partial charge in [-0.15, -0.1) is 0 Å². The Balaban J connectivity index is 1.18. The molecule has 2 bridgehead atoms. The van der Waals surface area contributed by atoms with Crippen molar-refractivity contribution in [3.63, 3.8) is 0 Å². The lowest BCUT2D eigenvalue weighted by Crippen LogP contribution is -2.68. The maximum absolute atomic E-state index is 14.5. The fraction of sp³-hybridized carbons (Fsp3) is 0.816. The van der Waals surface area contributed by atoms with Crippen molar-refractivity contribution in [1.82, 2.24) is 0 Å². The Hall–Kier alpha value is -0.670. The van der Waals surface area contributed by atoms with E-state index in [1.807, 2.05) is 0 Å². The van der Waals surface area contributed by atoms with Gasteiger partial charge in [0, 0.05) is 15.3 Å². The highest BCUT2D eigenvalue weighted by Crippen LogP contribution is 2.81. The van der Waals surface area contributed by atoms with E-state index in [9.17, 15) is 4.79 Å². The van der Waals surface area contributed by atoms with Crippen LogP contribution in [0.3, 0.4) is 0 Å². The summed E-state index contributed by atoms with van der Waals surface area (Å²) in [5, 5.41) is 0. The van der Waals surface area contributed by atoms with Gasteiger partial charge in [-0.25, -0.2) is 0 Å². The Kier molecular flexibility index (Phi) is 5.52. The number of Topliss-reactive ketones (excluding diaryl/α,β-unsaturated/α-hetero) is 1. The van der Waals surface area contributed by atoms with E-state index in [-0.39, 0.29) is 16.2 Å². The third kappa shape index (κ3) is 3.23. The fourth-order valence-electron chi connectivity index (χ4n) is 14.2. The van der Waals surface area contributed by atoms with Gasteiger partial charge in [-0.2, -0.15) is 0 Å². The second-order valence-electron chi connectivity index (χ2n) is 18.5. The second kappa shape index (κ2) is 8.13. The molecule has 1 saturated heterocycles. The summed E-state index contributed by atoms with van der Waals surface area (Å²) < 4.78 is 7.93. The van der Waals surface area contributed by atoms with E-state index in [1.165, 1.54) is 56.9 Å². The SMILES string of the molecule is CC1(C)C(=O)[C@]2(C[C@@H]2c2cccc(Br)c2)C[C@@]2(C)C1CC[C@]1(C)C2CCC2C3[C@H]4OC[C@@]3(CCC4(C)C)CC[C@]21C. The molecule has 0 aromatic heterocycles. The molecule has 3 heteroatoms. The van der Waals surface area contributed by atoms with Gasteiger partial charge in [-0.05, 0) is 139 Å². The minimum absolute atomic E-state index is 0.164. The van der Waals surface area contributed by atoms with Crippen molar-refractivity contribution in [3.8, 4) is 0 Å². The molecule has 1 aromatic rings.